The van der Waals surface area contributed by atoms with Gasteiger partial charge >= 0.3 is 5.97 Å². The molecule has 8 heteroatoms. The van der Waals surface area contributed by atoms with Gasteiger partial charge in [0.2, 0.25) is 5.43 Å². The van der Waals surface area contributed by atoms with Crippen molar-refractivity contribution in [2.45, 2.75) is 32.3 Å². The van der Waals surface area contributed by atoms with Gasteiger partial charge in [0.15, 0.2) is 17.7 Å². The summed E-state index contributed by atoms with van der Waals surface area (Å²) in [5.74, 6) is -1.27. The molecule has 1 aromatic carbocycles. The Labute approximate surface area is 161 Å². The predicted octanol–water partition coefficient (Wildman–Crippen LogP) is 1.41. The normalized spacial score (nSPS) is 20.5. The number of fused-ring (bicyclic) bond motifs is 2. The van der Waals surface area contributed by atoms with Gasteiger partial charge in [-0.1, -0.05) is 30.3 Å². The maximum absolute atomic E-state index is 13.1. The van der Waals surface area contributed by atoms with Crippen molar-refractivity contribution in [2.24, 2.45) is 0 Å². The molecule has 8 nitrogen and oxygen atoms in total. The number of nitrogens with zero attached hydrogens (tertiary/aromatic N) is 2. The number of carbonyl (C=O) groups is 2. The Kier molecular flexibility index (Phi) is 4.64. The third-order valence-corrected chi connectivity index (χ3v) is 4.97. The zero-order valence-corrected chi connectivity index (χ0v) is 15.6. The van der Waals surface area contributed by atoms with Gasteiger partial charge in [-0.25, -0.2) is 4.79 Å². The minimum atomic E-state index is -0.777. The summed E-state index contributed by atoms with van der Waals surface area (Å²) in [6, 6.07) is 9.17. The largest absolute Gasteiger partial charge is 0.483 e. The number of carbonyl (C=O) groups excluding carboxylic acids is 2. The third kappa shape index (κ3) is 2.95. The molecule has 4 rings (SSSR count). The van der Waals surface area contributed by atoms with Crippen LogP contribution in [0.2, 0.25) is 0 Å². The van der Waals surface area contributed by atoms with Crippen molar-refractivity contribution in [3.63, 3.8) is 0 Å². The summed E-state index contributed by atoms with van der Waals surface area (Å²) in [7, 11) is 1.20. The zero-order chi connectivity index (χ0) is 19.8. The van der Waals surface area contributed by atoms with Crippen LogP contribution in [0.15, 0.2) is 41.3 Å². The van der Waals surface area contributed by atoms with Gasteiger partial charge in [-0.15, -0.1) is 0 Å². The second-order valence-corrected chi connectivity index (χ2v) is 6.82. The highest BCUT2D eigenvalue weighted by Gasteiger charge is 2.43. The van der Waals surface area contributed by atoms with Gasteiger partial charge in [0.25, 0.3) is 5.91 Å². The van der Waals surface area contributed by atoms with E-state index in [1.807, 2.05) is 37.3 Å². The Balaban J connectivity index is 1.81. The fourth-order valence-corrected chi connectivity index (χ4v) is 3.58. The first-order chi connectivity index (χ1) is 13.5. The molecule has 0 unspecified atom stereocenters. The molecule has 3 heterocycles. The van der Waals surface area contributed by atoms with E-state index in [2.05, 4.69) is 0 Å². The number of hydrogen-bond acceptors (Lipinski definition) is 6. The molecule has 0 aliphatic carbocycles. The Hall–Kier alpha value is -3.13. The lowest BCUT2D eigenvalue weighted by molar-refractivity contribution is 0.00592. The topological polar surface area (TPSA) is 87.1 Å². The second kappa shape index (κ2) is 7.12. The number of rotatable bonds is 4. The van der Waals surface area contributed by atoms with Crippen LogP contribution in [-0.4, -0.2) is 47.3 Å². The van der Waals surface area contributed by atoms with Gasteiger partial charge in [-0.05, 0) is 12.5 Å². The zero-order valence-electron chi connectivity index (χ0n) is 15.6. The first-order valence-electron chi connectivity index (χ1n) is 8.98. The quantitative estimate of drug-likeness (QED) is 0.741. The van der Waals surface area contributed by atoms with Gasteiger partial charge in [-0.3, -0.25) is 9.59 Å². The molecule has 1 fully saturated rings. The SMILES string of the molecule is COC(=O)c1cn2c(c(OCc3ccccc3)c1=O)C(=O)N1[C@@H](C)CO[C@@H]1C2. The lowest BCUT2D eigenvalue weighted by Gasteiger charge is -2.34. The molecule has 0 bridgehead atoms. The highest BCUT2D eigenvalue weighted by Crippen LogP contribution is 2.30. The van der Waals surface area contributed by atoms with E-state index >= 15 is 0 Å². The molecular formula is C20H20N2O6. The number of amides is 1. The number of hydrogen-bond donors (Lipinski definition) is 0. The van der Waals surface area contributed by atoms with E-state index in [-0.39, 0.29) is 35.6 Å². The molecular weight excluding hydrogens is 364 g/mol. The summed E-state index contributed by atoms with van der Waals surface area (Å²) in [5, 5.41) is 0. The maximum Gasteiger partial charge on any atom is 0.343 e. The summed E-state index contributed by atoms with van der Waals surface area (Å²) in [4.78, 5) is 39.8. The fraction of sp³-hybridized carbons (Fsp3) is 0.350. The van der Waals surface area contributed by atoms with Crippen LogP contribution < -0.4 is 10.2 Å². The van der Waals surface area contributed by atoms with Crippen LogP contribution in [0.25, 0.3) is 0 Å². The Bertz CT molecular complexity index is 984. The Morgan fingerprint density at radius 2 is 2.00 bits per heavy atom. The average Bonchev–Trinajstić information content (AvgIpc) is 3.08. The number of pyridine rings is 1. The highest BCUT2D eigenvalue weighted by molar-refractivity contribution is 5.98. The van der Waals surface area contributed by atoms with Crippen LogP contribution in [-0.2, 0) is 22.6 Å². The molecule has 2 aliphatic rings. The molecule has 2 atom stereocenters. The summed E-state index contributed by atoms with van der Waals surface area (Å²) < 4.78 is 17.7. The summed E-state index contributed by atoms with van der Waals surface area (Å²) >= 11 is 0. The van der Waals surface area contributed by atoms with Gasteiger partial charge in [0.1, 0.15) is 12.2 Å². The molecule has 2 aromatic rings. The van der Waals surface area contributed by atoms with E-state index in [1.165, 1.54) is 13.3 Å². The number of ether oxygens (including phenoxy) is 3. The second-order valence-electron chi connectivity index (χ2n) is 6.82. The standard InChI is InChI=1S/C20H20N2O6/c1-12-10-27-15-9-21-8-14(20(25)26-2)17(23)18(16(21)19(24)22(12)15)28-11-13-6-4-3-5-7-13/h3-8,12,15H,9-11H2,1-2H3/t12-,15+/m0/s1. The van der Waals surface area contributed by atoms with Crippen molar-refractivity contribution in [3.05, 3.63) is 63.6 Å². The molecule has 2 aliphatic heterocycles. The van der Waals surface area contributed by atoms with Gasteiger partial charge in [0, 0.05) is 6.20 Å². The Morgan fingerprint density at radius 3 is 2.71 bits per heavy atom. The smallest absolute Gasteiger partial charge is 0.343 e. The lowest BCUT2D eigenvalue weighted by atomic mass is 10.1. The molecule has 146 valence electrons. The molecule has 28 heavy (non-hydrogen) atoms. The number of methoxy groups -OCH3 is 1. The van der Waals surface area contributed by atoms with Gasteiger partial charge in [0.05, 0.1) is 26.3 Å². The molecule has 0 N–H and O–H groups in total. The minimum absolute atomic E-state index is 0.0937. The van der Waals surface area contributed by atoms with E-state index in [1.54, 1.807) is 9.47 Å². The molecule has 0 radical (unpaired) electrons. The number of aromatic nitrogens is 1. The number of esters is 1. The minimum Gasteiger partial charge on any atom is -0.483 e. The van der Waals surface area contributed by atoms with Gasteiger partial charge < -0.3 is 23.7 Å². The summed E-state index contributed by atoms with van der Waals surface area (Å²) in [6.07, 6.45) is 0.908. The van der Waals surface area contributed by atoms with Crippen molar-refractivity contribution < 1.29 is 23.8 Å². The van der Waals surface area contributed by atoms with Crippen LogP contribution in [0.5, 0.6) is 5.75 Å². The van der Waals surface area contributed by atoms with E-state index in [4.69, 9.17) is 14.2 Å². The predicted molar refractivity (Wildman–Crippen MR) is 98.2 cm³/mol. The Morgan fingerprint density at radius 1 is 1.25 bits per heavy atom. The molecule has 0 saturated carbocycles. The van der Waals surface area contributed by atoms with Crippen molar-refractivity contribution >= 4 is 11.9 Å². The number of benzene rings is 1. The van der Waals surface area contributed by atoms with Crippen LogP contribution in [0.3, 0.4) is 0 Å². The first kappa shape index (κ1) is 18.2. The van der Waals surface area contributed by atoms with Crippen LogP contribution in [0, 0.1) is 0 Å². The molecule has 0 spiro atoms. The maximum atomic E-state index is 13.1. The summed E-state index contributed by atoms with van der Waals surface area (Å²) in [6.45, 7) is 2.70. The van der Waals surface area contributed by atoms with Gasteiger partial charge in [-0.2, -0.15) is 0 Å². The fourth-order valence-electron chi connectivity index (χ4n) is 3.58. The first-order valence-corrected chi connectivity index (χ1v) is 8.98. The van der Waals surface area contributed by atoms with Crippen molar-refractivity contribution in [1.82, 2.24) is 9.47 Å². The van der Waals surface area contributed by atoms with Crippen LogP contribution in [0.4, 0.5) is 0 Å². The average molecular weight is 384 g/mol. The lowest BCUT2D eigenvalue weighted by Crippen LogP contribution is -2.49. The van der Waals surface area contributed by atoms with Crippen molar-refractivity contribution in [1.29, 1.82) is 0 Å². The van der Waals surface area contributed by atoms with Crippen LogP contribution in [0.1, 0.15) is 33.3 Å². The molecule has 1 saturated heterocycles. The highest BCUT2D eigenvalue weighted by atomic mass is 16.5. The third-order valence-electron chi connectivity index (χ3n) is 4.97. The molecule has 1 aromatic heterocycles. The van der Waals surface area contributed by atoms with E-state index in [0.29, 0.717) is 13.2 Å². The van der Waals surface area contributed by atoms with Crippen molar-refractivity contribution in [2.75, 3.05) is 13.7 Å². The summed E-state index contributed by atoms with van der Waals surface area (Å²) in [5.41, 5.74) is 0.125. The molecule has 1 amide bonds. The van der Waals surface area contributed by atoms with E-state index < -0.39 is 17.6 Å². The van der Waals surface area contributed by atoms with E-state index in [0.717, 1.165) is 5.56 Å². The van der Waals surface area contributed by atoms with E-state index in [9.17, 15) is 14.4 Å². The monoisotopic (exact) mass is 384 g/mol. The van der Waals surface area contributed by atoms with Crippen LogP contribution >= 0.6 is 0 Å². The van der Waals surface area contributed by atoms with Crippen molar-refractivity contribution in [3.8, 4) is 5.75 Å².